The predicted octanol–water partition coefficient (Wildman–Crippen LogP) is 3.11. The Morgan fingerprint density at radius 3 is 3.00 bits per heavy atom. The number of allylic oxidation sites excluding steroid dienone is 1. The number of ether oxygens (including phenoxy) is 1. The quantitative estimate of drug-likeness (QED) is 0.548. The molecule has 0 saturated heterocycles. The van der Waals surface area contributed by atoms with E-state index in [0.717, 1.165) is 24.8 Å². The number of aryl methyl sites for hydroxylation is 1. The Labute approximate surface area is 96.1 Å². The van der Waals surface area contributed by atoms with Crippen LogP contribution in [0, 0.1) is 0 Å². The van der Waals surface area contributed by atoms with Crippen molar-refractivity contribution in [3.63, 3.8) is 0 Å². The molecule has 1 heterocycles. The van der Waals surface area contributed by atoms with Gasteiger partial charge in [0.25, 0.3) is 0 Å². The largest absolute Gasteiger partial charge is 0.472 e. The molecule has 16 heavy (non-hydrogen) atoms. The van der Waals surface area contributed by atoms with Crippen LogP contribution in [-0.4, -0.2) is 12.6 Å². The fraction of sp³-hybridized carbons (Fsp3) is 0.462. The second-order valence-electron chi connectivity index (χ2n) is 3.73. The van der Waals surface area contributed by atoms with Crippen molar-refractivity contribution in [3.8, 4) is 0 Å². The number of carbonyl (C=O) groups is 1. The Morgan fingerprint density at radius 1 is 1.56 bits per heavy atom. The number of rotatable bonds is 6. The lowest BCUT2D eigenvalue weighted by atomic mass is 10.1. The number of esters is 1. The Bertz CT molecular complexity index is 336. The smallest absolute Gasteiger partial charge is 0.330 e. The Balaban J connectivity index is 2.24. The molecule has 0 bridgehead atoms. The van der Waals surface area contributed by atoms with Crippen molar-refractivity contribution in [2.24, 2.45) is 0 Å². The van der Waals surface area contributed by atoms with Crippen LogP contribution in [0.5, 0.6) is 0 Å². The minimum Gasteiger partial charge on any atom is -0.472 e. The zero-order chi connectivity index (χ0) is 11.8. The Hall–Kier alpha value is -1.51. The van der Waals surface area contributed by atoms with Crippen LogP contribution < -0.4 is 0 Å². The summed E-state index contributed by atoms with van der Waals surface area (Å²) in [6, 6.07) is 1.96. The third kappa shape index (κ3) is 4.82. The first kappa shape index (κ1) is 12.6. The molecule has 0 spiro atoms. The highest BCUT2D eigenvalue weighted by molar-refractivity contribution is 5.82. The lowest BCUT2D eigenvalue weighted by molar-refractivity contribution is -0.137. The van der Waals surface area contributed by atoms with Gasteiger partial charge in [0.15, 0.2) is 0 Å². The van der Waals surface area contributed by atoms with Gasteiger partial charge in [0.2, 0.25) is 0 Å². The van der Waals surface area contributed by atoms with Crippen molar-refractivity contribution < 1.29 is 13.9 Å². The van der Waals surface area contributed by atoms with Gasteiger partial charge < -0.3 is 9.15 Å². The molecule has 0 atom stereocenters. The number of hydrogen-bond acceptors (Lipinski definition) is 3. The van der Waals surface area contributed by atoms with Crippen molar-refractivity contribution >= 4 is 5.97 Å². The maximum atomic E-state index is 11.1. The van der Waals surface area contributed by atoms with Crippen LogP contribution >= 0.6 is 0 Å². The van der Waals surface area contributed by atoms with Gasteiger partial charge >= 0.3 is 5.97 Å². The lowest BCUT2D eigenvalue weighted by Gasteiger charge is -2.01. The second-order valence-corrected chi connectivity index (χ2v) is 3.73. The monoisotopic (exact) mass is 222 g/mol. The van der Waals surface area contributed by atoms with Crippen molar-refractivity contribution in [1.29, 1.82) is 0 Å². The zero-order valence-electron chi connectivity index (χ0n) is 9.86. The summed E-state index contributed by atoms with van der Waals surface area (Å²) in [5.41, 5.74) is 2.26. The Morgan fingerprint density at radius 2 is 2.38 bits per heavy atom. The molecule has 1 rings (SSSR count). The lowest BCUT2D eigenvalue weighted by Crippen LogP contribution is -2.00. The third-order valence-electron chi connectivity index (χ3n) is 2.27. The van der Waals surface area contributed by atoms with Gasteiger partial charge in [0, 0.05) is 6.08 Å². The first-order chi connectivity index (χ1) is 7.72. The van der Waals surface area contributed by atoms with E-state index in [2.05, 4.69) is 0 Å². The van der Waals surface area contributed by atoms with E-state index in [1.807, 2.05) is 13.0 Å². The van der Waals surface area contributed by atoms with Crippen LogP contribution in [0.2, 0.25) is 0 Å². The maximum Gasteiger partial charge on any atom is 0.330 e. The predicted molar refractivity (Wildman–Crippen MR) is 62.0 cm³/mol. The summed E-state index contributed by atoms with van der Waals surface area (Å²) in [6.07, 6.45) is 7.90. The van der Waals surface area contributed by atoms with E-state index in [-0.39, 0.29) is 5.97 Å². The molecule has 88 valence electrons. The first-order valence-corrected chi connectivity index (χ1v) is 5.57. The molecule has 0 aliphatic rings. The van der Waals surface area contributed by atoms with E-state index in [9.17, 15) is 4.79 Å². The molecule has 0 radical (unpaired) electrons. The van der Waals surface area contributed by atoms with Crippen LogP contribution in [0.1, 0.15) is 32.3 Å². The minimum atomic E-state index is -0.247. The average Bonchev–Trinajstić information content (AvgIpc) is 2.70. The first-order valence-electron chi connectivity index (χ1n) is 5.57. The molecule has 3 heteroatoms. The zero-order valence-corrected chi connectivity index (χ0v) is 9.86. The number of hydrogen-bond donors (Lipinski definition) is 0. The fourth-order valence-corrected chi connectivity index (χ4v) is 1.46. The molecule has 0 unspecified atom stereocenters. The van der Waals surface area contributed by atoms with Gasteiger partial charge in [-0.2, -0.15) is 0 Å². The van der Waals surface area contributed by atoms with E-state index in [1.54, 1.807) is 25.5 Å². The standard InChI is InChI=1S/C13H18O3/c1-3-16-13(14)9-11(2)5-4-6-12-7-8-15-10-12/h7-10H,3-6H2,1-2H3/b11-9+. The van der Waals surface area contributed by atoms with Gasteiger partial charge in [-0.3, -0.25) is 0 Å². The summed E-state index contributed by atoms with van der Waals surface area (Å²) in [5.74, 6) is -0.247. The molecule has 3 nitrogen and oxygen atoms in total. The van der Waals surface area contributed by atoms with Crippen LogP contribution in [-0.2, 0) is 16.0 Å². The normalized spacial score (nSPS) is 11.5. The summed E-state index contributed by atoms with van der Waals surface area (Å²) in [7, 11) is 0. The van der Waals surface area contributed by atoms with E-state index in [0.29, 0.717) is 6.61 Å². The van der Waals surface area contributed by atoms with Crippen molar-refractivity contribution in [3.05, 3.63) is 35.8 Å². The highest BCUT2D eigenvalue weighted by Crippen LogP contribution is 2.10. The molecule has 0 aliphatic heterocycles. The molecule has 0 fully saturated rings. The Kier molecular flexibility index (Phi) is 5.40. The molecular formula is C13H18O3. The molecule has 1 aromatic heterocycles. The second kappa shape index (κ2) is 6.88. The van der Waals surface area contributed by atoms with Gasteiger partial charge in [-0.05, 0) is 44.7 Å². The van der Waals surface area contributed by atoms with E-state index in [4.69, 9.17) is 9.15 Å². The van der Waals surface area contributed by atoms with Crippen molar-refractivity contribution in [1.82, 2.24) is 0 Å². The van der Waals surface area contributed by atoms with Gasteiger partial charge in [-0.1, -0.05) is 5.57 Å². The van der Waals surface area contributed by atoms with E-state index >= 15 is 0 Å². The number of furan rings is 1. The number of carbonyl (C=O) groups excluding carboxylic acids is 1. The summed E-state index contributed by atoms with van der Waals surface area (Å²) in [4.78, 5) is 11.1. The summed E-state index contributed by atoms with van der Waals surface area (Å²) >= 11 is 0. The molecule has 1 aromatic rings. The molecular weight excluding hydrogens is 204 g/mol. The molecule has 0 saturated carbocycles. The van der Waals surface area contributed by atoms with Crippen molar-refractivity contribution in [2.45, 2.75) is 33.1 Å². The third-order valence-corrected chi connectivity index (χ3v) is 2.27. The van der Waals surface area contributed by atoms with Crippen LogP contribution in [0.4, 0.5) is 0 Å². The average molecular weight is 222 g/mol. The van der Waals surface area contributed by atoms with Gasteiger partial charge in [0.1, 0.15) is 0 Å². The molecule has 0 aliphatic carbocycles. The summed E-state index contributed by atoms with van der Waals surface area (Å²) < 4.78 is 9.81. The van der Waals surface area contributed by atoms with Crippen LogP contribution in [0.15, 0.2) is 34.7 Å². The minimum absolute atomic E-state index is 0.247. The highest BCUT2D eigenvalue weighted by Gasteiger charge is 1.99. The van der Waals surface area contributed by atoms with E-state index < -0.39 is 0 Å². The van der Waals surface area contributed by atoms with Crippen molar-refractivity contribution in [2.75, 3.05) is 6.61 Å². The summed E-state index contributed by atoms with van der Waals surface area (Å²) in [5, 5.41) is 0. The van der Waals surface area contributed by atoms with Gasteiger partial charge in [-0.15, -0.1) is 0 Å². The maximum absolute atomic E-state index is 11.1. The van der Waals surface area contributed by atoms with E-state index in [1.165, 1.54) is 5.56 Å². The van der Waals surface area contributed by atoms with Crippen LogP contribution in [0.3, 0.4) is 0 Å². The molecule has 0 aromatic carbocycles. The van der Waals surface area contributed by atoms with Gasteiger partial charge in [-0.25, -0.2) is 4.79 Å². The summed E-state index contributed by atoms with van der Waals surface area (Å²) in [6.45, 7) is 4.18. The fourth-order valence-electron chi connectivity index (χ4n) is 1.46. The molecule has 0 N–H and O–H groups in total. The highest BCUT2D eigenvalue weighted by atomic mass is 16.5. The topological polar surface area (TPSA) is 39.4 Å². The SMILES string of the molecule is CCOC(=O)/C=C(\C)CCCc1ccoc1. The van der Waals surface area contributed by atoms with Crippen LogP contribution in [0.25, 0.3) is 0 Å². The van der Waals surface area contributed by atoms with Gasteiger partial charge in [0.05, 0.1) is 19.1 Å². The molecule has 0 amide bonds.